The fourth-order valence-electron chi connectivity index (χ4n) is 0.771. The molecule has 0 bridgehead atoms. The maximum atomic E-state index is 2.91. The van der Waals surface area contributed by atoms with Crippen LogP contribution in [0.5, 0.6) is 0 Å². The highest BCUT2D eigenvalue weighted by Gasteiger charge is 2.05. The molecule has 1 atom stereocenters. The van der Waals surface area contributed by atoms with E-state index in [1.165, 1.54) is 4.90 Å². The highest BCUT2D eigenvalue weighted by Crippen LogP contribution is 2.56. The zero-order chi connectivity index (χ0) is 7.61. The SMILES string of the molecule is CS(C)(P)c1ccccc1. The van der Waals surface area contributed by atoms with Gasteiger partial charge in [0.15, 0.2) is 0 Å². The smallest absolute Gasteiger partial charge is 0.00725 e. The van der Waals surface area contributed by atoms with Crippen LogP contribution in [0.25, 0.3) is 0 Å². The second kappa shape index (κ2) is 2.94. The summed E-state index contributed by atoms with van der Waals surface area (Å²) in [4.78, 5) is 1.44. The van der Waals surface area contributed by atoms with Gasteiger partial charge in [0.05, 0.1) is 0 Å². The van der Waals surface area contributed by atoms with Crippen molar-refractivity contribution in [1.82, 2.24) is 0 Å². The Morgan fingerprint density at radius 2 is 1.60 bits per heavy atom. The van der Waals surface area contributed by atoms with Crippen LogP contribution in [0.2, 0.25) is 0 Å². The molecule has 0 aliphatic heterocycles. The molecule has 0 N–H and O–H groups in total. The normalized spacial score (nSPS) is 13.1. The molecule has 10 heavy (non-hydrogen) atoms. The Morgan fingerprint density at radius 3 is 1.90 bits per heavy atom. The highest BCUT2D eigenvalue weighted by molar-refractivity contribution is 8.67. The van der Waals surface area contributed by atoms with Gasteiger partial charge in [-0.1, -0.05) is 26.6 Å². The Balaban J connectivity index is 2.97. The molecular formula is C8H13PS. The Bertz CT molecular complexity index is 200. The molecule has 0 amide bonds. The van der Waals surface area contributed by atoms with Gasteiger partial charge < -0.3 is 0 Å². The van der Waals surface area contributed by atoms with E-state index in [2.05, 4.69) is 51.3 Å². The molecule has 2 heteroatoms. The van der Waals surface area contributed by atoms with Crippen LogP contribution in [0.1, 0.15) is 0 Å². The van der Waals surface area contributed by atoms with Crippen molar-refractivity contribution in [2.75, 3.05) is 12.5 Å². The molecule has 0 fully saturated rings. The van der Waals surface area contributed by atoms with E-state index in [4.69, 9.17) is 0 Å². The summed E-state index contributed by atoms with van der Waals surface area (Å²) < 4.78 is 0. The lowest BCUT2D eigenvalue weighted by molar-refractivity contribution is 1.45. The van der Waals surface area contributed by atoms with Gasteiger partial charge in [-0.25, -0.2) is 9.65 Å². The molecule has 0 nitrogen and oxygen atoms in total. The van der Waals surface area contributed by atoms with Gasteiger partial charge in [0, 0.05) is 0 Å². The molecule has 1 aromatic carbocycles. The molecule has 0 spiro atoms. The average molecular weight is 172 g/mol. The summed E-state index contributed by atoms with van der Waals surface area (Å²) in [6.45, 7) is 0. The molecule has 56 valence electrons. The predicted molar refractivity (Wildman–Crippen MR) is 53.9 cm³/mol. The van der Waals surface area contributed by atoms with Crippen molar-refractivity contribution in [3.05, 3.63) is 30.3 Å². The summed E-state index contributed by atoms with van der Waals surface area (Å²) >= 11 is 0. The van der Waals surface area contributed by atoms with E-state index in [0.717, 1.165) is 0 Å². The molecule has 0 aromatic heterocycles. The van der Waals surface area contributed by atoms with Crippen LogP contribution >= 0.6 is 18.1 Å². The van der Waals surface area contributed by atoms with Crippen molar-refractivity contribution < 1.29 is 0 Å². The Hall–Kier alpha value is 0. The van der Waals surface area contributed by atoms with E-state index < -0.39 is 9.65 Å². The Morgan fingerprint density at radius 1 is 1.10 bits per heavy atom. The van der Waals surface area contributed by atoms with E-state index in [-0.39, 0.29) is 0 Å². The third-order valence-electron chi connectivity index (χ3n) is 1.35. The van der Waals surface area contributed by atoms with Crippen molar-refractivity contribution in [1.29, 1.82) is 0 Å². The molecule has 0 radical (unpaired) electrons. The van der Waals surface area contributed by atoms with Crippen molar-refractivity contribution in [2.24, 2.45) is 0 Å². The molecule has 0 heterocycles. The van der Waals surface area contributed by atoms with E-state index in [9.17, 15) is 0 Å². The molecule has 1 unspecified atom stereocenters. The topological polar surface area (TPSA) is 0 Å². The van der Waals surface area contributed by atoms with Crippen LogP contribution in [0.3, 0.4) is 0 Å². The van der Waals surface area contributed by atoms with Gasteiger partial charge in [-0.3, -0.25) is 0 Å². The largest absolute Gasteiger partial charge is 0.205 e. The molecule has 0 saturated heterocycles. The summed E-state index contributed by atoms with van der Waals surface area (Å²) in [6.07, 6.45) is 4.54. The minimum atomic E-state index is -0.586. The number of benzene rings is 1. The standard InChI is InChI=1S/C8H13PS/c1-10(2,9)8-6-4-3-5-7-8/h3-7H,9H2,1-2H3. The minimum absolute atomic E-state index is 0.586. The van der Waals surface area contributed by atoms with E-state index in [1.54, 1.807) is 0 Å². The number of rotatable bonds is 1. The van der Waals surface area contributed by atoms with Crippen LogP contribution in [0.4, 0.5) is 0 Å². The van der Waals surface area contributed by atoms with Gasteiger partial charge in [0.1, 0.15) is 0 Å². The predicted octanol–water partition coefficient (Wildman–Crippen LogP) is 2.90. The first-order valence-corrected chi connectivity index (χ1v) is 7.09. The van der Waals surface area contributed by atoms with Crippen LogP contribution < -0.4 is 0 Å². The quantitative estimate of drug-likeness (QED) is 0.571. The first-order chi connectivity index (χ1) is 4.61. The summed E-state index contributed by atoms with van der Waals surface area (Å²) in [5.74, 6) is 0. The van der Waals surface area contributed by atoms with Crippen LogP contribution in [0, 0.1) is 0 Å². The summed E-state index contributed by atoms with van der Waals surface area (Å²) in [6, 6.07) is 10.6. The van der Waals surface area contributed by atoms with Gasteiger partial charge in [0.2, 0.25) is 0 Å². The molecule has 1 aromatic rings. The molecule has 0 saturated carbocycles. The lowest BCUT2D eigenvalue weighted by Crippen LogP contribution is -1.83. The molecule has 0 aliphatic rings. The Kier molecular flexibility index (Phi) is 2.38. The maximum absolute atomic E-state index is 2.91. The second-order valence-corrected chi connectivity index (χ2v) is 9.54. The van der Waals surface area contributed by atoms with Gasteiger partial charge in [-0.15, -0.1) is 0 Å². The maximum Gasteiger partial charge on any atom is -0.00725 e. The van der Waals surface area contributed by atoms with Crippen molar-refractivity contribution >= 4 is 18.1 Å². The van der Waals surface area contributed by atoms with E-state index in [1.807, 2.05) is 0 Å². The lowest BCUT2D eigenvalue weighted by atomic mass is 10.4. The third-order valence-corrected chi connectivity index (χ3v) is 3.65. The van der Waals surface area contributed by atoms with Crippen LogP contribution in [0.15, 0.2) is 35.2 Å². The highest BCUT2D eigenvalue weighted by atomic mass is 32.8. The van der Waals surface area contributed by atoms with Crippen molar-refractivity contribution in [2.45, 2.75) is 4.90 Å². The zero-order valence-electron chi connectivity index (χ0n) is 6.37. The van der Waals surface area contributed by atoms with Crippen LogP contribution in [-0.2, 0) is 0 Å². The van der Waals surface area contributed by atoms with Crippen LogP contribution in [-0.4, -0.2) is 12.5 Å². The summed E-state index contributed by atoms with van der Waals surface area (Å²) in [5, 5.41) is 0. The zero-order valence-corrected chi connectivity index (χ0v) is 8.34. The fourth-order valence-corrected chi connectivity index (χ4v) is 2.10. The number of hydrogen-bond donors (Lipinski definition) is 0. The lowest BCUT2D eigenvalue weighted by Gasteiger charge is -2.24. The fraction of sp³-hybridized carbons (Fsp3) is 0.250. The minimum Gasteiger partial charge on any atom is -0.205 e. The summed E-state index contributed by atoms with van der Waals surface area (Å²) in [7, 11) is 2.33. The van der Waals surface area contributed by atoms with Gasteiger partial charge in [0.25, 0.3) is 0 Å². The Labute approximate surface area is 66.3 Å². The molecule has 0 aliphatic carbocycles. The van der Waals surface area contributed by atoms with E-state index in [0.29, 0.717) is 0 Å². The van der Waals surface area contributed by atoms with Gasteiger partial charge >= 0.3 is 0 Å². The van der Waals surface area contributed by atoms with Crippen molar-refractivity contribution in [3.8, 4) is 0 Å². The molecule has 1 rings (SSSR count). The second-order valence-electron chi connectivity index (χ2n) is 2.72. The first-order valence-electron chi connectivity index (χ1n) is 3.17. The monoisotopic (exact) mass is 172 g/mol. The summed E-state index contributed by atoms with van der Waals surface area (Å²) in [5.41, 5.74) is 0. The van der Waals surface area contributed by atoms with Gasteiger partial charge in [-0.05, 0) is 29.5 Å². The first kappa shape index (κ1) is 8.10. The third kappa shape index (κ3) is 2.00. The van der Waals surface area contributed by atoms with E-state index >= 15 is 0 Å². The van der Waals surface area contributed by atoms with Gasteiger partial charge in [-0.2, -0.15) is 0 Å². The van der Waals surface area contributed by atoms with Crippen molar-refractivity contribution in [3.63, 3.8) is 0 Å². The molecular weight excluding hydrogens is 159 g/mol. The number of hydrogen-bond acceptors (Lipinski definition) is 0. The average Bonchev–Trinajstić information content (AvgIpc) is 1.88.